The van der Waals surface area contributed by atoms with Crippen LogP contribution in [0, 0.1) is 10.1 Å². The fourth-order valence-electron chi connectivity index (χ4n) is 3.04. The molecule has 0 unspecified atom stereocenters. The van der Waals surface area contributed by atoms with Crippen LogP contribution in [0.5, 0.6) is 5.75 Å². The number of hydrogen-bond acceptors (Lipinski definition) is 5. The predicted octanol–water partition coefficient (Wildman–Crippen LogP) is 4.31. The highest BCUT2D eigenvalue weighted by Crippen LogP contribution is 2.37. The summed E-state index contributed by atoms with van der Waals surface area (Å²) in [5.74, 6) is 0.207. The van der Waals surface area contributed by atoms with E-state index in [-0.39, 0.29) is 23.6 Å². The summed E-state index contributed by atoms with van der Waals surface area (Å²) in [4.78, 5) is 23.4. The summed E-state index contributed by atoms with van der Waals surface area (Å²) in [6.07, 6.45) is 1.89. The molecule has 156 valence electrons. The van der Waals surface area contributed by atoms with Crippen LogP contribution in [0.4, 0.5) is 11.4 Å². The minimum absolute atomic E-state index is 0.0750. The van der Waals surface area contributed by atoms with Crippen molar-refractivity contribution in [3.63, 3.8) is 0 Å². The van der Waals surface area contributed by atoms with Crippen LogP contribution in [0.3, 0.4) is 0 Å². The normalized spacial score (nSPS) is 11.2. The third-order valence-corrected chi connectivity index (χ3v) is 4.49. The molecule has 0 saturated carbocycles. The number of ether oxygens (including phenoxy) is 1. The first kappa shape index (κ1) is 21.0. The molecule has 0 fully saturated rings. The lowest BCUT2D eigenvalue weighted by Crippen LogP contribution is -2.21. The standard InChI is InChI=1S/C22H24N4O4/c1-22(2,3)18-13-25(4)24-21(18)17-12-15(26(28)29)10-11-19(17)23-20(27)14-30-16-8-6-5-7-9-16/h5-13H,14H2,1-4H3,(H,23,27). The Bertz CT molecular complexity index is 1070. The molecule has 0 spiro atoms. The number of nitrogens with one attached hydrogen (secondary N) is 1. The number of hydrogen-bond donors (Lipinski definition) is 1. The lowest BCUT2D eigenvalue weighted by atomic mass is 9.85. The summed E-state index contributed by atoms with van der Waals surface area (Å²) < 4.78 is 7.16. The van der Waals surface area contributed by atoms with E-state index in [1.807, 2.05) is 45.2 Å². The van der Waals surface area contributed by atoms with Crippen LogP contribution in [0.1, 0.15) is 26.3 Å². The van der Waals surface area contributed by atoms with Crippen LogP contribution < -0.4 is 10.1 Å². The molecule has 1 aromatic heterocycles. The molecular formula is C22H24N4O4. The highest BCUT2D eigenvalue weighted by atomic mass is 16.6. The Morgan fingerprint density at radius 1 is 1.20 bits per heavy atom. The zero-order valence-corrected chi connectivity index (χ0v) is 17.4. The molecule has 0 atom stereocenters. The number of aromatic nitrogens is 2. The topological polar surface area (TPSA) is 99.3 Å². The van der Waals surface area contributed by atoms with Gasteiger partial charge in [-0.3, -0.25) is 19.6 Å². The van der Waals surface area contributed by atoms with Crippen molar-refractivity contribution in [3.8, 4) is 17.0 Å². The van der Waals surface area contributed by atoms with Gasteiger partial charge in [0.1, 0.15) is 5.75 Å². The van der Waals surface area contributed by atoms with Gasteiger partial charge in [0.05, 0.1) is 16.3 Å². The van der Waals surface area contributed by atoms with E-state index in [0.717, 1.165) is 5.56 Å². The second kappa shape index (κ2) is 8.36. The molecule has 2 aromatic carbocycles. The fourth-order valence-corrected chi connectivity index (χ4v) is 3.04. The number of para-hydroxylation sites is 1. The summed E-state index contributed by atoms with van der Waals surface area (Å²) >= 11 is 0. The average Bonchev–Trinajstić information content (AvgIpc) is 3.09. The molecule has 0 aliphatic rings. The molecule has 1 heterocycles. The van der Waals surface area contributed by atoms with Crippen molar-refractivity contribution in [1.82, 2.24) is 9.78 Å². The van der Waals surface area contributed by atoms with E-state index in [2.05, 4.69) is 10.4 Å². The van der Waals surface area contributed by atoms with Gasteiger partial charge < -0.3 is 10.1 Å². The molecule has 8 nitrogen and oxygen atoms in total. The summed E-state index contributed by atoms with van der Waals surface area (Å²) in [5, 5.41) is 18.7. The quantitative estimate of drug-likeness (QED) is 0.484. The largest absolute Gasteiger partial charge is 0.484 e. The fraction of sp³-hybridized carbons (Fsp3) is 0.273. The lowest BCUT2D eigenvalue weighted by molar-refractivity contribution is -0.384. The van der Waals surface area contributed by atoms with Crippen LogP contribution in [-0.4, -0.2) is 27.2 Å². The Balaban J connectivity index is 1.94. The van der Waals surface area contributed by atoms with Gasteiger partial charge in [0, 0.05) is 36.5 Å². The molecular weight excluding hydrogens is 384 g/mol. The van der Waals surface area contributed by atoms with Gasteiger partial charge in [-0.1, -0.05) is 39.0 Å². The summed E-state index contributed by atoms with van der Waals surface area (Å²) in [7, 11) is 1.79. The summed E-state index contributed by atoms with van der Waals surface area (Å²) in [6.45, 7) is 5.93. The van der Waals surface area contributed by atoms with Gasteiger partial charge >= 0.3 is 0 Å². The Morgan fingerprint density at radius 2 is 1.90 bits per heavy atom. The van der Waals surface area contributed by atoms with Gasteiger partial charge in [0.25, 0.3) is 11.6 Å². The van der Waals surface area contributed by atoms with Crippen molar-refractivity contribution in [1.29, 1.82) is 0 Å². The SMILES string of the molecule is Cn1cc(C(C)(C)C)c(-c2cc([N+](=O)[O-])ccc2NC(=O)COc2ccccc2)n1. The van der Waals surface area contributed by atoms with Crippen molar-refractivity contribution in [2.45, 2.75) is 26.2 Å². The van der Waals surface area contributed by atoms with Gasteiger partial charge in [-0.15, -0.1) is 0 Å². The van der Waals surface area contributed by atoms with Crippen LogP contribution >= 0.6 is 0 Å². The van der Waals surface area contributed by atoms with E-state index in [9.17, 15) is 14.9 Å². The first-order chi connectivity index (χ1) is 14.1. The maximum Gasteiger partial charge on any atom is 0.270 e. The molecule has 0 aliphatic carbocycles. The van der Waals surface area contributed by atoms with Crippen molar-refractivity contribution >= 4 is 17.3 Å². The molecule has 1 N–H and O–H groups in total. The van der Waals surface area contributed by atoms with Gasteiger partial charge in [-0.05, 0) is 23.6 Å². The van der Waals surface area contributed by atoms with E-state index in [0.29, 0.717) is 22.7 Å². The maximum atomic E-state index is 12.5. The number of carbonyl (C=O) groups is 1. The lowest BCUT2D eigenvalue weighted by Gasteiger charge is -2.19. The number of nitro groups is 1. The minimum atomic E-state index is -0.465. The van der Waals surface area contributed by atoms with Crippen molar-refractivity contribution in [3.05, 3.63) is 70.4 Å². The Hall–Kier alpha value is -3.68. The maximum absolute atomic E-state index is 12.5. The number of benzene rings is 2. The number of carbonyl (C=O) groups excluding carboxylic acids is 1. The van der Waals surface area contributed by atoms with E-state index in [1.54, 1.807) is 23.9 Å². The number of anilines is 1. The molecule has 3 rings (SSSR count). The number of aryl methyl sites for hydroxylation is 1. The van der Waals surface area contributed by atoms with Crippen molar-refractivity contribution < 1.29 is 14.5 Å². The first-order valence-corrected chi connectivity index (χ1v) is 9.46. The Kier molecular flexibility index (Phi) is 5.86. The van der Waals surface area contributed by atoms with E-state index < -0.39 is 4.92 Å². The van der Waals surface area contributed by atoms with Gasteiger partial charge in [-0.25, -0.2) is 0 Å². The van der Waals surface area contributed by atoms with Gasteiger partial charge in [-0.2, -0.15) is 5.10 Å². The zero-order valence-electron chi connectivity index (χ0n) is 17.4. The highest BCUT2D eigenvalue weighted by molar-refractivity contribution is 5.96. The number of nitrogens with zero attached hydrogens (tertiary/aromatic N) is 3. The van der Waals surface area contributed by atoms with Gasteiger partial charge in [0.2, 0.25) is 0 Å². The van der Waals surface area contributed by atoms with Crippen molar-refractivity contribution in [2.75, 3.05) is 11.9 Å². The molecule has 1 amide bonds. The number of non-ortho nitro benzene ring substituents is 1. The van der Waals surface area contributed by atoms with Crippen molar-refractivity contribution in [2.24, 2.45) is 7.05 Å². The van der Waals surface area contributed by atoms with Crippen LogP contribution in [-0.2, 0) is 17.3 Å². The van der Waals surface area contributed by atoms with Crippen LogP contribution in [0.25, 0.3) is 11.3 Å². The third-order valence-electron chi connectivity index (χ3n) is 4.49. The van der Waals surface area contributed by atoms with Crippen LogP contribution in [0.2, 0.25) is 0 Å². The predicted molar refractivity (Wildman–Crippen MR) is 115 cm³/mol. The van der Waals surface area contributed by atoms with E-state index in [1.165, 1.54) is 18.2 Å². The monoisotopic (exact) mass is 408 g/mol. The second-order valence-electron chi connectivity index (χ2n) is 7.95. The molecule has 0 aliphatic heterocycles. The molecule has 0 saturated heterocycles. The Morgan fingerprint density at radius 3 is 2.53 bits per heavy atom. The third kappa shape index (κ3) is 4.83. The molecule has 8 heteroatoms. The highest BCUT2D eigenvalue weighted by Gasteiger charge is 2.25. The molecule has 0 radical (unpaired) electrons. The van der Waals surface area contributed by atoms with E-state index in [4.69, 9.17) is 4.74 Å². The van der Waals surface area contributed by atoms with E-state index >= 15 is 0 Å². The minimum Gasteiger partial charge on any atom is -0.484 e. The summed E-state index contributed by atoms with van der Waals surface area (Å²) in [5.41, 5.74) is 2.11. The van der Waals surface area contributed by atoms with Gasteiger partial charge in [0.15, 0.2) is 6.61 Å². The Labute approximate surface area is 174 Å². The number of amides is 1. The number of nitro benzene ring substituents is 1. The first-order valence-electron chi connectivity index (χ1n) is 9.46. The van der Waals surface area contributed by atoms with Crippen LogP contribution in [0.15, 0.2) is 54.7 Å². The molecule has 30 heavy (non-hydrogen) atoms. The average molecular weight is 408 g/mol. The smallest absolute Gasteiger partial charge is 0.270 e. The molecule has 3 aromatic rings. The molecule has 0 bridgehead atoms. The zero-order chi connectivity index (χ0) is 21.9. The number of rotatable bonds is 6. The summed E-state index contributed by atoms with van der Waals surface area (Å²) in [6, 6.07) is 13.3. The second-order valence-corrected chi connectivity index (χ2v) is 7.95.